The number of hydrogen-bond donors (Lipinski definition) is 3. The molecule has 2 atom stereocenters. The van der Waals surface area contributed by atoms with Crippen LogP contribution in [0.15, 0.2) is 24.3 Å². The Bertz CT molecular complexity index is 420. The van der Waals surface area contributed by atoms with Gasteiger partial charge in [0.05, 0.1) is 12.0 Å². The third-order valence-corrected chi connectivity index (χ3v) is 3.38. The van der Waals surface area contributed by atoms with Gasteiger partial charge in [0.15, 0.2) is 0 Å². The second kappa shape index (κ2) is 5.87. The monoisotopic (exact) mass is 248 g/mol. The van der Waals surface area contributed by atoms with Crippen LogP contribution in [-0.2, 0) is 11.2 Å². The van der Waals surface area contributed by atoms with Crippen molar-refractivity contribution in [2.24, 2.45) is 5.92 Å². The van der Waals surface area contributed by atoms with Gasteiger partial charge in [-0.05, 0) is 24.5 Å². The van der Waals surface area contributed by atoms with Crippen LogP contribution in [0.3, 0.4) is 0 Å². The van der Waals surface area contributed by atoms with E-state index < -0.39 is 6.10 Å². The number of amides is 1. The van der Waals surface area contributed by atoms with E-state index in [4.69, 9.17) is 0 Å². The molecule has 4 nitrogen and oxygen atoms in total. The number of aliphatic hydroxyl groups is 1. The van der Waals surface area contributed by atoms with Crippen LogP contribution in [0.2, 0.25) is 0 Å². The zero-order valence-corrected chi connectivity index (χ0v) is 10.6. The summed E-state index contributed by atoms with van der Waals surface area (Å²) in [7, 11) is 0. The summed E-state index contributed by atoms with van der Waals surface area (Å²) in [5, 5.41) is 15.5. The smallest absolute Gasteiger partial charge is 0.225 e. The molecule has 1 aliphatic heterocycles. The zero-order chi connectivity index (χ0) is 13.0. The first-order valence-corrected chi connectivity index (χ1v) is 6.48. The van der Waals surface area contributed by atoms with E-state index in [0.717, 1.165) is 12.1 Å². The number of carbonyl (C=O) groups is 1. The first kappa shape index (κ1) is 12.9. The number of rotatable bonds is 4. The van der Waals surface area contributed by atoms with Crippen LogP contribution < -0.4 is 10.6 Å². The highest BCUT2D eigenvalue weighted by Gasteiger charge is 2.24. The third kappa shape index (κ3) is 3.01. The molecule has 1 heterocycles. The van der Waals surface area contributed by atoms with Crippen molar-refractivity contribution in [3.05, 3.63) is 29.8 Å². The highest BCUT2D eigenvalue weighted by atomic mass is 16.3. The predicted octanol–water partition coefficient (Wildman–Crippen LogP) is 1.16. The molecule has 2 unspecified atom stereocenters. The number of para-hydroxylation sites is 1. The van der Waals surface area contributed by atoms with Crippen molar-refractivity contribution in [3.63, 3.8) is 0 Å². The van der Waals surface area contributed by atoms with E-state index in [0.29, 0.717) is 19.5 Å². The minimum atomic E-state index is -0.446. The predicted molar refractivity (Wildman–Crippen MR) is 71.4 cm³/mol. The molecule has 2 rings (SSSR count). The van der Waals surface area contributed by atoms with Crippen LogP contribution in [0.4, 0.5) is 5.69 Å². The molecule has 98 valence electrons. The average Bonchev–Trinajstić information content (AvgIpc) is 2.43. The van der Waals surface area contributed by atoms with Gasteiger partial charge in [0.25, 0.3) is 0 Å². The first-order valence-electron chi connectivity index (χ1n) is 6.48. The summed E-state index contributed by atoms with van der Waals surface area (Å²) in [5.74, 6) is -0.0338. The highest BCUT2D eigenvalue weighted by molar-refractivity contribution is 5.80. The SMILES string of the molecule is CCC(O)CNC(=O)C1CNc2ccccc2C1. The molecule has 1 aromatic carbocycles. The molecule has 0 spiro atoms. The number of hydrogen-bond acceptors (Lipinski definition) is 3. The molecule has 0 bridgehead atoms. The number of nitrogens with one attached hydrogen (secondary N) is 2. The lowest BCUT2D eigenvalue weighted by molar-refractivity contribution is -0.125. The van der Waals surface area contributed by atoms with Crippen LogP contribution in [0.25, 0.3) is 0 Å². The summed E-state index contributed by atoms with van der Waals surface area (Å²) < 4.78 is 0. The Hall–Kier alpha value is -1.55. The number of carbonyl (C=O) groups excluding carboxylic acids is 1. The van der Waals surface area contributed by atoms with Gasteiger partial charge >= 0.3 is 0 Å². The van der Waals surface area contributed by atoms with Crippen molar-refractivity contribution in [3.8, 4) is 0 Å². The lowest BCUT2D eigenvalue weighted by atomic mass is 9.93. The van der Waals surface area contributed by atoms with E-state index in [-0.39, 0.29) is 11.8 Å². The summed E-state index contributed by atoms with van der Waals surface area (Å²) >= 11 is 0. The van der Waals surface area contributed by atoms with Crippen LogP contribution in [0, 0.1) is 5.92 Å². The van der Waals surface area contributed by atoms with Gasteiger partial charge in [-0.1, -0.05) is 25.1 Å². The molecular weight excluding hydrogens is 228 g/mol. The molecule has 4 heteroatoms. The van der Waals surface area contributed by atoms with Gasteiger partial charge in [0.2, 0.25) is 5.91 Å². The molecular formula is C14H20N2O2. The van der Waals surface area contributed by atoms with Gasteiger partial charge in [-0.2, -0.15) is 0 Å². The molecule has 0 radical (unpaired) electrons. The van der Waals surface area contributed by atoms with E-state index in [1.165, 1.54) is 5.56 Å². The van der Waals surface area contributed by atoms with E-state index in [1.54, 1.807) is 0 Å². The third-order valence-electron chi connectivity index (χ3n) is 3.38. The van der Waals surface area contributed by atoms with E-state index in [2.05, 4.69) is 10.6 Å². The minimum Gasteiger partial charge on any atom is -0.391 e. The van der Waals surface area contributed by atoms with Gasteiger partial charge < -0.3 is 15.7 Å². The Kier molecular flexibility index (Phi) is 4.20. The van der Waals surface area contributed by atoms with Gasteiger partial charge in [-0.15, -0.1) is 0 Å². The first-order chi connectivity index (χ1) is 8.70. The standard InChI is InChI=1S/C14H20N2O2/c1-2-12(17)9-16-14(18)11-7-10-5-3-4-6-13(10)15-8-11/h3-6,11-12,15,17H,2,7-9H2,1H3,(H,16,18). The number of aliphatic hydroxyl groups excluding tert-OH is 1. The van der Waals surface area contributed by atoms with Crippen molar-refractivity contribution in [1.82, 2.24) is 5.32 Å². The Morgan fingerprint density at radius 3 is 3.11 bits per heavy atom. The molecule has 1 aliphatic rings. The van der Waals surface area contributed by atoms with E-state index in [1.807, 2.05) is 31.2 Å². The van der Waals surface area contributed by atoms with Gasteiger partial charge in [0, 0.05) is 18.8 Å². The maximum absolute atomic E-state index is 12.0. The average molecular weight is 248 g/mol. The molecule has 1 aromatic rings. The fourth-order valence-electron chi connectivity index (χ4n) is 2.13. The number of anilines is 1. The van der Waals surface area contributed by atoms with Crippen molar-refractivity contribution in [2.75, 3.05) is 18.4 Å². The minimum absolute atomic E-state index is 0.0181. The van der Waals surface area contributed by atoms with Crippen LogP contribution in [0.1, 0.15) is 18.9 Å². The zero-order valence-electron chi connectivity index (χ0n) is 10.6. The van der Waals surface area contributed by atoms with Crippen LogP contribution in [0.5, 0.6) is 0 Å². The molecule has 0 saturated carbocycles. The topological polar surface area (TPSA) is 61.4 Å². The maximum atomic E-state index is 12.0. The normalized spacial score (nSPS) is 19.6. The summed E-state index contributed by atoms with van der Waals surface area (Å²) in [6.07, 6.45) is 0.973. The van der Waals surface area contributed by atoms with Crippen molar-refractivity contribution in [1.29, 1.82) is 0 Å². The van der Waals surface area contributed by atoms with Crippen molar-refractivity contribution < 1.29 is 9.90 Å². The second-order valence-corrected chi connectivity index (χ2v) is 4.75. The molecule has 3 N–H and O–H groups in total. The second-order valence-electron chi connectivity index (χ2n) is 4.75. The lowest BCUT2D eigenvalue weighted by Crippen LogP contribution is -2.41. The molecule has 0 aromatic heterocycles. The Morgan fingerprint density at radius 2 is 2.33 bits per heavy atom. The summed E-state index contributed by atoms with van der Waals surface area (Å²) in [5.41, 5.74) is 2.30. The fourth-order valence-corrected chi connectivity index (χ4v) is 2.13. The quantitative estimate of drug-likeness (QED) is 0.749. The largest absolute Gasteiger partial charge is 0.391 e. The molecule has 0 aliphatic carbocycles. The highest BCUT2D eigenvalue weighted by Crippen LogP contribution is 2.24. The van der Waals surface area contributed by atoms with E-state index >= 15 is 0 Å². The Balaban J connectivity index is 1.90. The van der Waals surface area contributed by atoms with E-state index in [9.17, 15) is 9.90 Å². The maximum Gasteiger partial charge on any atom is 0.225 e. The number of benzene rings is 1. The van der Waals surface area contributed by atoms with Crippen LogP contribution >= 0.6 is 0 Å². The van der Waals surface area contributed by atoms with Gasteiger partial charge in [-0.25, -0.2) is 0 Å². The molecule has 18 heavy (non-hydrogen) atoms. The Morgan fingerprint density at radius 1 is 1.56 bits per heavy atom. The molecule has 0 saturated heterocycles. The Labute approximate surface area is 107 Å². The van der Waals surface area contributed by atoms with Gasteiger partial charge in [-0.3, -0.25) is 4.79 Å². The lowest BCUT2D eigenvalue weighted by Gasteiger charge is -2.25. The summed E-state index contributed by atoms with van der Waals surface area (Å²) in [6.45, 7) is 2.90. The fraction of sp³-hybridized carbons (Fsp3) is 0.500. The summed E-state index contributed by atoms with van der Waals surface area (Å²) in [6, 6.07) is 8.05. The molecule has 0 fully saturated rings. The number of fused-ring (bicyclic) bond motifs is 1. The van der Waals surface area contributed by atoms with Crippen LogP contribution in [-0.4, -0.2) is 30.2 Å². The van der Waals surface area contributed by atoms with Crippen molar-refractivity contribution in [2.45, 2.75) is 25.9 Å². The summed E-state index contributed by atoms with van der Waals surface area (Å²) in [4.78, 5) is 12.0. The van der Waals surface area contributed by atoms with Gasteiger partial charge in [0.1, 0.15) is 0 Å². The van der Waals surface area contributed by atoms with Crippen molar-refractivity contribution >= 4 is 11.6 Å². The molecule has 1 amide bonds.